The van der Waals surface area contributed by atoms with E-state index < -0.39 is 6.17 Å². The van der Waals surface area contributed by atoms with Crippen LogP contribution < -0.4 is 4.74 Å². The van der Waals surface area contributed by atoms with E-state index in [0.717, 1.165) is 37.2 Å². The molecular weight excluding hydrogens is 355 g/mol. The Morgan fingerprint density at radius 2 is 1.79 bits per heavy atom. The lowest BCUT2D eigenvalue weighted by atomic mass is 9.86. The van der Waals surface area contributed by atoms with Crippen LogP contribution in [0.25, 0.3) is 5.69 Å². The Bertz CT molecular complexity index is 900. The predicted molar refractivity (Wildman–Crippen MR) is 105 cm³/mol. The predicted octanol–water partition coefficient (Wildman–Crippen LogP) is 5.11. The number of aromatic nitrogens is 4. The lowest BCUT2D eigenvalue weighted by Gasteiger charge is -2.28. The van der Waals surface area contributed by atoms with Gasteiger partial charge in [0, 0.05) is 23.9 Å². The molecule has 2 heterocycles. The summed E-state index contributed by atoms with van der Waals surface area (Å²) < 4.78 is 22.1. The van der Waals surface area contributed by atoms with Crippen LogP contribution in [-0.4, -0.2) is 25.9 Å². The average molecular weight is 380 g/mol. The Kier molecular flexibility index (Phi) is 5.37. The van der Waals surface area contributed by atoms with Gasteiger partial charge >= 0.3 is 0 Å². The highest BCUT2D eigenvalue weighted by molar-refractivity contribution is 5.37. The SMILES string of the molecule is Cc1ccc(-n2c(C(C)F)nnc2[C@H]2CC[C@H](Oc3ccccn3)CC2)cc1. The maximum absolute atomic E-state index is 14.2. The molecule has 3 aromatic rings. The molecule has 0 spiro atoms. The van der Waals surface area contributed by atoms with Crippen LogP contribution in [0.15, 0.2) is 48.7 Å². The lowest BCUT2D eigenvalue weighted by Crippen LogP contribution is -2.25. The molecule has 1 aliphatic carbocycles. The normalized spacial score (nSPS) is 20.7. The molecule has 0 N–H and O–H groups in total. The van der Waals surface area contributed by atoms with Gasteiger partial charge in [-0.05, 0) is 57.7 Å². The monoisotopic (exact) mass is 380 g/mol. The molecule has 5 nitrogen and oxygen atoms in total. The van der Waals surface area contributed by atoms with Gasteiger partial charge in [0.25, 0.3) is 0 Å². The van der Waals surface area contributed by atoms with Crippen LogP contribution in [0.4, 0.5) is 4.39 Å². The van der Waals surface area contributed by atoms with Gasteiger partial charge in [-0.15, -0.1) is 10.2 Å². The van der Waals surface area contributed by atoms with Crippen molar-refractivity contribution in [3.63, 3.8) is 0 Å². The second kappa shape index (κ2) is 8.09. The number of nitrogens with zero attached hydrogens (tertiary/aromatic N) is 4. The number of pyridine rings is 1. The third-order valence-electron chi connectivity index (χ3n) is 5.33. The molecular formula is C22H25FN4O. The maximum Gasteiger partial charge on any atom is 0.213 e. The van der Waals surface area contributed by atoms with E-state index in [9.17, 15) is 4.39 Å². The van der Waals surface area contributed by atoms with Gasteiger partial charge in [-0.3, -0.25) is 4.57 Å². The van der Waals surface area contributed by atoms with Gasteiger partial charge in [-0.25, -0.2) is 9.37 Å². The number of hydrogen-bond acceptors (Lipinski definition) is 4. The first kappa shape index (κ1) is 18.6. The fourth-order valence-electron chi connectivity index (χ4n) is 3.82. The molecule has 28 heavy (non-hydrogen) atoms. The van der Waals surface area contributed by atoms with Crippen molar-refractivity contribution in [3.05, 3.63) is 65.9 Å². The third-order valence-corrected chi connectivity index (χ3v) is 5.33. The van der Waals surface area contributed by atoms with E-state index >= 15 is 0 Å². The van der Waals surface area contributed by atoms with Gasteiger partial charge in [-0.1, -0.05) is 23.8 Å². The van der Waals surface area contributed by atoms with Crippen molar-refractivity contribution in [2.45, 2.75) is 57.7 Å². The van der Waals surface area contributed by atoms with Gasteiger partial charge in [0.15, 0.2) is 12.0 Å². The Labute approximate surface area is 164 Å². The number of aryl methyl sites for hydroxylation is 1. The zero-order chi connectivity index (χ0) is 19.5. The number of hydrogen-bond donors (Lipinski definition) is 0. The Morgan fingerprint density at radius 3 is 2.43 bits per heavy atom. The number of benzene rings is 1. The summed E-state index contributed by atoms with van der Waals surface area (Å²) in [5, 5.41) is 8.56. The highest BCUT2D eigenvalue weighted by atomic mass is 19.1. The van der Waals surface area contributed by atoms with Gasteiger partial charge in [0.1, 0.15) is 11.9 Å². The molecule has 1 fully saturated rings. The van der Waals surface area contributed by atoms with Crippen molar-refractivity contribution in [1.29, 1.82) is 0 Å². The van der Waals surface area contributed by atoms with Crippen LogP contribution in [0, 0.1) is 6.92 Å². The van der Waals surface area contributed by atoms with E-state index in [-0.39, 0.29) is 12.0 Å². The molecule has 0 bridgehead atoms. The quantitative estimate of drug-likeness (QED) is 0.617. The summed E-state index contributed by atoms with van der Waals surface area (Å²) in [5.74, 6) is 2.12. The summed E-state index contributed by atoms with van der Waals surface area (Å²) in [6.45, 7) is 3.55. The summed E-state index contributed by atoms with van der Waals surface area (Å²) in [7, 11) is 0. The maximum atomic E-state index is 14.2. The van der Waals surface area contributed by atoms with Gasteiger partial charge in [-0.2, -0.15) is 0 Å². The van der Waals surface area contributed by atoms with Crippen LogP contribution >= 0.6 is 0 Å². The molecule has 0 aliphatic heterocycles. The molecule has 1 aliphatic rings. The van der Waals surface area contributed by atoms with Crippen molar-refractivity contribution in [2.24, 2.45) is 0 Å². The topological polar surface area (TPSA) is 52.8 Å². The summed E-state index contributed by atoms with van der Waals surface area (Å²) in [4.78, 5) is 4.24. The van der Waals surface area contributed by atoms with Gasteiger partial charge < -0.3 is 4.74 Å². The van der Waals surface area contributed by atoms with E-state index in [1.165, 1.54) is 12.5 Å². The molecule has 0 saturated heterocycles. The zero-order valence-electron chi connectivity index (χ0n) is 16.3. The number of rotatable bonds is 5. The molecule has 4 rings (SSSR count). The van der Waals surface area contributed by atoms with Crippen molar-refractivity contribution in [1.82, 2.24) is 19.7 Å². The lowest BCUT2D eigenvalue weighted by molar-refractivity contribution is 0.139. The zero-order valence-corrected chi connectivity index (χ0v) is 16.3. The molecule has 1 unspecified atom stereocenters. The Balaban J connectivity index is 1.53. The van der Waals surface area contributed by atoms with Crippen molar-refractivity contribution in [3.8, 4) is 11.6 Å². The number of alkyl halides is 1. The molecule has 0 amide bonds. The summed E-state index contributed by atoms with van der Waals surface area (Å²) in [6, 6.07) is 13.8. The largest absolute Gasteiger partial charge is 0.474 e. The number of ether oxygens (including phenoxy) is 1. The second-order valence-corrected chi connectivity index (χ2v) is 7.46. The smallest absolute Gasteiger partial charge is 0.213 e. The van der Waals surface area contributed by atoms with E-state index in [1.54, 1.807) is 6.20 Å². The standard InChI is InChI=1S/C22H25FN4O/c1-15-6-10-18(11-7-15)27-21(16(2)23)25-26-22(27)17-8-12-19(13-9-17)28-20-5-3-4-14-24-20/h3-7,10-11,14,16-17,19H,8-9,12-13H2,1-2H3/t16?,17-,19-. The molecule has 6 heteroatoms. The van der Waals surface area contributed by atoms with E-state index in [4.69, 9.17) is 4.74 Å². The van der Waals surface area contributed by atoms with Gasteiger partial charge in [0.2, 0.25) is 5.88 Å². The summed E-state index contributed by atoms with van der Waals surface area (Å²) >= 11 is 0. The van der Waals surface area contributed by atoms with E-state index in [0.29, 0.717) is 11.7 Å². The van der Waals surface area contributed by atoms with Gasteiger partial charge in [0.05, 0.1) is 0 Å². The molecule has 1 saturated carbocycles. The highest BCUT2D eigenvalue weighted by Crippen LogP contribution is 2.35. The minimum atomic E-state index is -1.17. The molecule has 1 aromatic carbocycles. The minimum absolute atomic E-state index is 0.154. The van der Waals surface area contributed by atoms with Crippen molar-refractivity contribution in [2.75, 3.05) is 0 Å². The van der Waals surface area contributed by atoms with Crippen molar-refractivity contribution < 1.29 is 9.13 Å². The summed E-state index contributed by atoms with van der Waals surface area (Å²) in [5.41, 5.74) is 2.08. The van der Waals surface area contributed by atoms with Crippen LogP contribution in [0.2, 0.25) is 0 Å². The first-order valence-electron chi connectivity index (χ1n) is 9.86. The van der Waals surface area contributed by atoms with Crippen LogP contribution in [0.5, 0.6) is 5.88 Å². The van der Waals surface area contributed by atoms with E-state index in [1.807, 2.05) is 54.0 Å². The fraction of sp³-hybridized carbons (Fsp3) is 0.409. The minimum Gasteiger partial charge on any atom is -0.474 e. The summed E-state index contributed by atoms with van der Waals surface area (Å²) in [6.07, 6.45) is 4.42. The molecule has 0 radical (unpaired) electrons. The van der Waals surface area contributed by atoms with Crippen molar-refractivity contribution >= 4 is 0 Å². The molecule has 1 atom stereocenters. The van der Waals surface area contributed by atoms with Crippen LogP contribution in [0.3, 0.4) is 0 Å². The van der Waals surface area contributed by atoms with Crippen LogP contribution in [0.1, 0.15) is 61.9 Å². The second-order valence-electron chi connectivity index (χ2n) is 7.46. The Hall–Kier alpha value is -2.76. The first-order chi connectivity index (χ1) is 13.6. The van der Waals surface area contributed by atoms with Crippen LogP contribution in [-0.2, 0) is 0 Å². The average Bonchev–Trinajstić information content (AvgIpc) is 3.15. The highest BCUT2D eigenvalue weighted by Gasteiger charge is 2.29. The number of halogens is 1. The van der Waals surface area contributed by atoms with E-state index in [2.05, 4.69) is 15.2 Å². The molecule has 2 aromatic heterocycles. The Morgan fingerprint density at radius 1 is 1.04 bits per heavy atom. The fourth-order valence-corrected chi connectivity index (χ4v) is 3.82. The third kappa shape index (κ3) is 3.91. The molecule has 146 valence electrons. The first-order valence-corrected chi connectivity index (χ1v) is 9.86.